The van der Waals surface area contributed by atoms with E-state index in [0.29, 0.717) is 5.96 Å². The Balaban J connectivity index is 1.88. The van der Waals surface area contributed by atoms with E-state index in [1.807, 2.05) is 0 Å². The number of likely N-dealkylation sites (tertiary alicyclic amines) is 1. The van der Waals surface area contributed by atoms with Crippen molar-refractivity contribution in [3.05, 3.63) is 0 Å². The Labute approximate surface area is 118 Å². The second kappa shape index (κ2) is 11.1. The average molecular weight is 268 g/mol. The Bertz CT molecular complexity index is 234. The van der Waals surface area contributed by atoms with Crippen molar-refractivity contribution >= 4 is 5.96 Å². The van der Waals surface area contributed by atoms with Crippen LogP contribution in [0, 0.1) is 0 Å². The van der Waals surface area contributed by atoms with Crippen molar-refractivity contribution in [3.8, 4) is 0 Å². The lowest BCUT2D eigenvalue weighted by Gasteiger charge is -2.14. The van der Waals surface area contributed by atoms with Gasteiger partial charge in [-0.15, -0.1) is 0 Å². The molecule has 1 fully saturated rings. The van der Waals surface area contributed by atoms with Crippen LogP contribution >= 0.6 is 0 Å². The third-order valence-corrected chi connectivity index (χ3v) is 3.70. The Morgan fingerprint density at radius 2 is 1.89 bits per heavy atom. The van der Waals surface area contributed by atoms with Gasteiger partial charge in [-0.25, -0.2) is 0 Å². The summed E-state index contributed by atoms with van der Waals surface area (Å²) >= 11 is 0. The van der Waals surface area contributed by atoms with Crippen LogP contribution in [0.4, 0.5) is 0 Å². The molecular formula is C15H32N4. The molecule has 0 aromatic rings. The molecule has 0 atom stereocenters. The van der Waals surface area contributed by atoms with Crippen molar-refractivity contribution in [3.63, 3.8) is 0 Å². The maximum absolute atomic E-state index is 5.82. The molecule has 4 heteroatoms. The SMILES string of the molecule is CCCCCCN=C(N)NCCCCN1CCCC1. The first kappa shape index (κ1) is 16.3. The van der Waals surface area contributed by atoms with Crippen molar-refractivity contribution < 1.29 is 0 Å². The summed E-state index contributed by atoms with van der Waals surface area (Å²) < 4.78 is 0. The predicted molar refractivity (Wildman–Crippen MR) is 83.5 cm³/mol. The van der Waals surface area contributed by atoms with Gasteiger partial charge in [0.15, 0.2) is 5.96 Å². The fourth-order valence-corrected chi connectivity index (χ4v) is 2.48. The summed E-state index contributed by atoms with van der Waals surface area (Å²) in [5.74, 6) is 0.623. The summed E-state index contributed by atoms with van der Waals surface area (Å²) in [6, 6.07) is 0. The van der Waals surface area contributed by atoms with E-state index in [0.717, 1.165) is 19.5 Å². The fourth-order valence-electron chi connectivity index (χ4n) is 2.48. The van der Waals surface area contributed by atoms with Crippen LogP contribution in [-0.4, -0.2) is 43.6 Å². The van der Waals surface area contributed by atoms with Crippen LogP contribution in [-0.2, 0) is 0 Å². The van der Waals surface area contributed by atoms with Gasteiger partial charge in [0.2, 0.25) is 0 Å². The summed E-state index contributed by atoms with van der Waals surface area (Å²) in [6.45, 7) is 7.89. The van der Waals surface area contributed by atoms with Gasteiger partial charge in [-0.2, -0.15) is 0 Å². The zero-order chi connectivity index (χ0) is 13.8. The second-order valence-electron chi connectivity index (χ2n) is 5.51. The van der Waals surface area contributed by atoms with E-state index in [2.05, 4.69) is 22.1 Å². The number of nitrogens with zero attached hydrogens (tertiary/aromatic N) is 2. The normalized spacial score (nSPS) is 17.0. The van der Waals surface area contributed by atoms with E-state index < -0.39 is 0 Å². The first-order chi connectivity index (χ1) is 9.33. The van der Waals surface area contributed by atoms with E-state index in [4.69, 9.17) is 5.73 Å². The highest BCUT2D eigenvalue weighted by Crippen LogP contribution is 2.07. The Morgan fingerprint density at radius 1 is 1.11 bits per heavy atom. The van der Waals surface area contributed by atoms with Crippen molar-refractivity contribution in [1.29, 1.82) is 0 Å². The maximum atomic E-state index is 5.82. The fraction of sp³-hybridized carbons (Fsp3) is 0.933. The molecule has 1 saturated heterocycles. The Hall–Kier alpha value is -0.770. The number of aliphatic imine (C=N–C) groups is 1. The van der Waals surface area contributed by atoms with Crippen LogP contribution in [0.15, 0.2) is 4.99 Å². The number of hydrogen-bond acceptors (Lipinski definition) is 2. The molecule has 1 heterocycles. The number of unbranched alkanes of at least 4 members (excludes halogenated alkanes) is 4. The number of nitrogens with one attached hydrogen (secondary N) is 1. The topological polar surface area (TPSA) is 53.6 Å². The smallest absolute Gasteiger partial charge is 0.188 e. The van der Waals surface area contributed by atoms with Gasteiger partial charge < -0.3 is 16.0 Å². The molecule has 0 unspecified atom stereocenters. The monoisotopic (exact) mass is 268 g/mol. The average Bonchev–Trinajstić information content (AvgIpc) is 2.91. The molecule has 1 rings (SSSR count). The molecule has 0 saturated carbocycles. The standard InChI is InChI=1S/C15H32N4/c1-2-3-4-5-10-17-15(16)18-11-6-7-12-19-13-8-9-14-19/h2-14H2,1H3,(H3,16,17,18). The molecule has 0 amide bonds. The minimum atomic E-state index is 0.623. The number of nitrogens with two attached hydrogens (primary N) is 1. The highest BCUT2D eigenvalue weighted by Gasteiger charge is 2.09. The largest absolute Gasteiger partial charge is 0.370 e. The molecule has 0 aromatic heterocycles. The summed E-state index contributed by atoms with van der Waals surface area (Å²) in [5, 5.41) is 3.21. The number of rotatable bonds is 10. The van der Waals surface area contributed by atoms with Gasteiger partial charge in [-0.05, 0) is 51.7 Å². The molecule has 3 N–H and O–H groups in total. The minimum Gasteiger partial charge on any atom is -0.370 e. The first-order valence-electron chi connectivity index (χ1n) is 8.09. The Kier molecular flexibility index (Phi) is 9.51. The molecule has 0 aliphatic carbocycles. The molecular weight excluding hydrogens is 236 g/mol. The number of guanidine groups is 1. The van der Waals surface area contributed by atoms with E-state index in [1.54, 1.807) is 0 Å². The van der Waals surface area contributed by atoms with Crippen LogP contribution in [0.5, 0.6) is 0 Å². The third kappa shape index (κ3) is 8.87. The van der Waals surface area contributed by atoms with Crippen LogP contribution in [0.2, 0.25) is 0 Å². The highest BCUT2D eigenvalue weighted by molar-refractivity contribution is 5.77. The molecule has 1 aliphatic rings. The first-order valence-corrected chi connectivity index (χ1v) is 8.09. The molecule has 19 heavy (non-hydrogen) atoms. The van der Waals surface area contributed by atoms with Gasteiger partial charge in [0.1, 0.15) is 0 Å². The van der Waals surface area contributed by atoms with Gasteiger partial charge in [0.25, 0.3) is 0 Å². The van der Waals surface area contributed by atoms with E-state index in [1.165, 1.54) is 64.6 Å². The molecule has 0 aromatic carbocycles. The van der Waals surface area contributed by atoms with Gasteiger partial charge in [0.05, 0.1) is 0 Å². The summed E-state index contributed by atoms with van der Waals surface area (Å²) in [4.78, 5) is 6.90. The molecule has 1 aliphatic heterocycles. The van der Waals surface area contributed by atoms with Crippen molar-refractivity contribution in [2.75, 3.05) is 32.7 Å². The van der Waals surface area contributed by atoms with E-state index in [-0.39, 0.29) is 0 Å². The lowest BCUT2D eigenvalue weighted by molar-refractivity contribution is 0.330. The van der Waals surface area contributed by atoms with Gasteiger partial charge in [0, 0.05) is 13.1 Å². The predicted octanol–water partition coefficient (Wildman–Crippen LogP) is 2.35. The maximum Gasteiger partial charge on any atom is 0.188 e. The molecule has 0 radical (unpaired) electrons. The third-order valence-electron chi connectivity index (χ3n) is 3.70. The van der Waals surface area contributed by atoms with Crippen molar-refractivity contribution in [2.45, 2.75) is 58.3 Å². The van der Waals surface area contributed by atoms with Crippen molar-refractivity contribution in [1.82, 2.24) is 10.2 Å². The zero-order valence-corrected chi connectivity index (χ0v) is 12.7. The Morgan fingerprint density at radius 3 is 2.63 bits per heavy atom. The van der Waals surface area contributed by atoms with Gasteiger partial charge in [-0.3, -0.25) is 4.99 Å². The van der Waals surface area contributed by atoms with Crippen LogP contribution in [0.3, 0.4) is 0 Å². The lowest BCUT2D eigenvalue weighted by Crippen LogP contribution is -2.33. The van der Waals surface area contributed by atoms with Crippen LogP contribution in [0.1, 0.15) is 58.3 Å². The molecule has 0 spiro atoms. The molecule has 0 bridgehead atoms. The van der Waals surface area contributed by atoms with Crippen LogP contribution in [0.25, 0.3) is 0 Å². The highest BCUT2D eigenvalue weighted by atomic mass is 15.1. The van der Waals surface area contributed by atoms with E-state index >= 15 is 0 Å². The summed E-state index contributed by atoms with van der Waals surface area (Å²) in [7, 11) is 0. The molecule has 4 nitrogen and oxygen atoms in total. The zero-order valence-electron chi connectivity index (χ0n) is 12.7. The number of hydrogen-bond donors (Lipinski definition) is 2. The van der Waals surface area contributed by atoms with Crippen molar-refractivity contribution in [2.24, 2.45) is 10.7 Å². The molecule has 112 valence electrons. The van der Waals surface area contributed by atoms with Gasteiger partial charge in [-0.1, -0.05) is 26.2 Å². The van der Waals surface area contributed by atoms with E-state index in [9.17, 15) is 0 Å². The quantitative estimate of drug-likeness (QED) is 0.363. The second-order valence-corrected chi connectivity index (χ2v) is 5.51. The minimum absolute atomic E-state index is 0.623. The lowest BCUT2D eigenvalue weighted by atomic mass is 10.2. The summed E-state index contributed by atoms with van der Waals surface area (Å²) in [5.41, 5.74) is 5.82. The van der Waals surface area contributed by atoms with Crippen LogP contribution < -0.4 is 11.1 Å². The van der Waals surface area contributed by atoms with Gasteiger partial charge >= 0.3 is 0 Å². The summed E-state index contributed by atoms with van der Waals surface area (Å²) in [6.07, 6.45) is 10.2.